The summed E-state index contributed by atoms with van der Waals surface area (Å²) >= 11 is 0. The highest BCUT2D eigenvalue weighted by molar-refractivity contribution is 5.66. The zero-order valence-corrected chi connectivity index (χ0v) is 12.3. The smallest absolute Gasteiger partial charge is 0.302 e. The van der Waals surface area contributed by atoms with E-state index in [1.807, 2.05) is 6.07 Å². The van der Waals surface area contributed by atoms with Gasteiger partial charge in [-0.05, 0) is 29.7 Å². The molecule has 0 bridgehead atoms. The van der Waals surface area contributed by atoms with Gasteiger partial charge >= 0.3 is 5.97 Å². The number of benzene rings is 1. The van der Waals surface area contributed by atoms with Crippen LogP contribution in [0.15, 0.2) is 30.3 Å². The van der Waals surface area contributed by atoms with E-state index in [9.17, 15) is 4.79 Å². The van der Waals surface area contributed by atoms with Crippen molar-refractivity contribution in [3.63, 3.8) is 0 Å². The maximum Gasteiger partial charge on any atom is 0.302 e. The van der Waals surface area contributed by atoms with Gasteiger partial charge in [-0.1, -0.05) is 51.1 Å². The lowest BCUT2D eigenvalue weighted by Gasteiger charge is -2.28. The van der Waals surface area contributed by atoms with Crippen LogP contribution in [0.25, 0.3) is 0 Å². The minimum atomic E-state index is -0.172. The van der Waals surface area contributed by atoms with Crippen LogP contribution < -0.4 is 0 Å². The number of rotatable bonds is 5. The van der Waals surface area contributed by atoms with E-state index < -0.39 is 0 Å². The lowest BCUT2D eigenvalue weighted by Crippen LogP contribution is -2.26. The van der Waals surface area contributed by atoms with Gasteiger partial charge in [-0.15, -0.1) is 0 Å². The molecule has 0 amide bonds. The van der Waals surface area contributed by atoms with Crippen molar-refractivity contribution < 1.29 is 9.53 Å². The number of esters is 1. The first-order valence-corrected chi connectivity index (χ1v) is 7.15. The molecule has 0 aromatic heterocycles. The third-order valence-corrected chi connectivity index (χ3v) is 4.77. The monoisotopic (exact) mass is 260 g/mol. The van der Waals surface area contributed by atoms with Crippen molar-refractivity contribution in [2.24, 2.45) is 17.3 Å². The molecule has 2 nitrogen and oxygen atoms in total. The van der Waals surface area contributed by atoms with Crippen molar-refractivity contribution in [3.05, 3.63) is 35.9 Å². The summed E-state index contributed by atoms with van der Waals surface area (Å²) in [7, 11) is 0. The molecule has 1 aliphatic rings. The molecular formula is C17H24O2. The maximum atomic E-state index is 11.1. The van der Waals surface area contributed by atoms with Crippen LogP contribution in [-0.4, -0.2) is 12.6 Å². The van der Waals surface area contributed by atoms with Gasteiger partial charge in [0.1, 0.15) is 0 Å². The molecule has 2 heteroatoms. The Balaban J connectivity index is 2.17. The summed E-state index contributed by atoms with van der Waals surface area (Å²) in [5.74, 6) is 1.51. The summed E-state index contributed by atoms with van der Waals surface area (Å²) in [6.07, 6.45) is 1.13. The van der Waals surface area contributed by atoms with Crippen LogP contribution in [0.1, 0.15) is 45.6 Å². The zero-order chi connectivity index (χ0) is 14.0. The average molecular weight is 260 g/mol. The van der Waals surface area contributed by atoms with Crippen LogP contribution in [0.4, 0.5) is 0 Å². The van der Waals surface area contributed by atoms with Crippen LogP contribution in [-0.2, 0) is 9.53 Å². The predicted octanol–water partition coefficient (Wildman–Crippen LogP) is 4.02. The largest absolute Gasteiger partial charge is 0.465 e. The quantitative estimate of drug-likeness (QED) is 0.748. The van der Waals surface area contributed by atoms with Crippen molar-refractivity contribution in [2.75, 3.05) is 6.61 Å². The third-order valence-electron chi connectivity index (χ3n) is 4.77. The number of carbonyl (C=O) groups is 1. The molecule has 104 valence electrons. The highest BCUT2D eigenvalue weighted by Gasteiger charge is 2.59. The minimum Gasteiger partial charge on any atom is -0.465 e. The molecule has 1 saturated carbocycles. The lowest BCUT2D eigenvalue weighted by molar-refractivity contribution is -0.143. The van der Waals surface area contributed by atoms with Crippen molar-refractivity contribution in [2.45, 2.75) is 40.0 Å². The summed E-state index contributed by atoms with van der Waals surface area (Å²) in [5.41, 5.74) is 1.52. The summed E-state index contributed by atoms with van der Waals surface area (Å²) in [4.78, 5) is 11.1. The second kappa shape index (κ2) is 5.36. The van der Waals surface area contributed by atoms with Gasteiger partial charge in [0, 0.05) is 12.3 Å². The Bertz CT molecular complexity index is 438. The second-order valence-electron chi connectivity index (χ2n) is 6.21. The van der Waals surface area contributed by atoms with E-state index in [1.165, 1.54) is 12.5 Å². The van der Waals surface area contributed by atoms with E-state index in [4.69, 9.17) is 4.74 Å². The van der Waals surface area contributed by atoms with Gasteiger partial charge in [0.25, 0.3) is 0 Å². The summed E-state index contributed by atoms with van der Waals surface area (Å²) in [6, 6.07) is 10.6. The molecule has 1 aromatic rings. The van der Waals surface area contributed by atoms with E-state index in [0.29, 0.717) is 24.4 Å². The maximum absolute atomic E-state index is 11.1. The van der Waals surface area contributed by atoms with E-state index >= 15 is 0 Å². The summed E-state index contributed by atoms with van der Waals surface area (Å²) in [6.45, 7) is 8.84. The molecule has 0 spiro atoms. The molecule has 2 unspecified atom stereocenters. The van der Waals surface area contributed by atoms with Crippen molar-refractivity contribution >= 4 is 5.97 Å². The van der Waals surface area contributed by atoms with E-state index in [-0.39, 0.29) is 11.4 Å². The predicted molar refractivity (Wildman–Crippen MR) is 76.9 cm³/mol. The molecule has 0 radical (unpaired) electrons. The molecule has 0 aliphatic heterocycles. The van der Waals surface area contributed by atoms with Crippen molar-refractivity contribution in [1.29, 1.82) is 0 Å². The Morgan fingerprint density at radius 1 is 1.32 bits per heavy atom. The van der Waals surface area contributed by atoms with Gasteiger partial charge in [0.05, 0.1) is 6.61 Å². The topological polar surface area (TPSA) is 26.3 Å². The number of hydrogen-bond donors (Lipinski definition) is 0. The first-order valence-electron chi connectivity index (χ1n) is 7.15. The SMILES string of the molecule is CC(=O)OCC1([C@H](C)C(C)C)CC1c1ccccc1. The van der Waals surface area contributed by atoms with Gasteiger partial charge in [0.2, 0.25) is 0 Å². The Kier molecular flexibility index (Phi) is 3.98. The third kappa shape index (κ3) is 2.83. The van der Waals surface area contributed by atoms with E-state index in [2.05, 4.69) is 45.0 Å². The zero-order valence-electron chi connectivity index (χ0n) is 12.3. The van der Waals surface area contributed by atoms with Crippen LogP contribution >= 0.6 is 0 Å². The Morgan fingerprint density at radius 3 is 2.47 bits per heavy atom. The van der Waals surface area contributed by atoms with Crippen LogP contribution in [0, 0.1) is 17.3 Å². The van der Waals surface area contributed by atoms with Gasteiger partial charge in [0.15, 0.2) is 0 Å². The molecule has 1 aliphatic carbocycles. The van der Waals surface area contributed by atoms with E-state index in [1.54, 1.807) is 0 Å². The lowest BCUT2D eigenvalue weighted by atomic mass is 9.80. The van der Waals surface area contributed by atoms with Gasteiger partial charge in [-0.2, -0.15) is 0 Å². The standard InChI is InChI=1S/C17H24O2/c1-12(2)13(3)17(11-19-14(4)18)10-16(17)15-8-6-5-7-9-15/h5-9,12-13,16H,10-11H2,1-4H3/t13-,16?,17?/m1/s1. The van der Waals surface area contributed by atoms with Crippen molar-refractivity contribution in [3.8, 4) is 0 Å². The van der Waals surface area contributed by atoms with Gasteiger partial charge < -0.3 is 4.74 Å². The second-order valence-corrected chi connectivity index (χ2v) is 6.21. The molecular weight excluding hydrogens is 236 g/mol. The fraction of sp³-hybridized carbons (Fsp3) is 0.588. The highest BCUT2D eigenvalue weighted by atomic mass is 16.5. The molecule has 0 saturated heterocycles. The fourth-order valence-corrected chi connectivity index (χ4v) is 3.15. The van der Waals surface area contributed by atoms with Crippen LogP contribution in [0.5, 0.6) is 0 Å². The molecule has 0 heterocycles. The van der Waals surface area contributed by atoms with Crippen LogP contribution in [0.3, 0.4) is 0 Å². The van der Waals surface area contributed by atoms with E-state index in [0.717, 1.165) is 6.42 Å². The minimum absolute atomic E-state index is 0.140. The fourth-order valence-electron chi connectivity index (χ4n) is 3.15. The molecule has 3 atom stereocenters. The van der Waals surface area contributed by atoms with Crippen LogP contribution in [0.2, 0.25) is 0 Å². The normalized spacial score (nSPS) is 27.1. The van der Waals surface area contributed by atoms with Crippen molar-refractivity contribution in [1.82, 2.24) is 0 Å². The highest BCUT2D eigenvalue weighted by Crippen LogP contribution is 2.65. The Hall–Kier alpha value is -1.31. The number of hydrogen-bond acceptors (Lipinski definition) is 2. The number of ether oxygens (including phenoxy) is 1. The molecule has 2 rings (SSSR count). The summed E-state index contributed by atoms with van der Waals surface area (Å²) < 4.78 is 5.35. The van der Waals surface area contributed by atoms with Gasteiger partial charge in [-0.3, -0.25) is 4.79 Å². The average Bonchev–Trinajstić information content (AvgIpc) is 3.12. The first kappa shape index (κ1) is 14.1. The summed E-state index contributed by atoms with van der Waals surface area (Å²) in [5, 5.41) is 0. The van der Waals surface area contributed by atoms with Gasteiger partial charge in [-0.25, -0.2) is 0 Å². The molecule has 19 heavy (non-hydrogen) atoms. The first-order chi connectivity index (χ1) is 8.97. The Labute approximate surface area is 116 Å². The molecule has 1 aromatic carbocycles. The molecule has 1 fully saturated rings. The number of carbonyl (C=O) groups excluding carboxylic acids is 1. The molecule has 0 N–H and O–H groups in total. The Morgan fingerprint density at radius 2 is 1.95 bits per heavy atom.